The highest BCUT2D eigenvalue weighted by molar-refractivity contribution is 5.72. The van der Waals surface area contributed by atoms with Crippen LogP contribution < -0.4 is 4.74 Å². The molecule has 0 atom stereocenters. The molecule has 0 aliphatic heterocycles. The predicted octanol–water partition coefficient (Wildman–Crippen LogP) is 4.60. The van der Waals surface area contributed by atoms with Crippen LogP contribution in [0, 0.1) is 6.92 Å². The van der Waals surface area contributed by atoms with Gasteiger partial charge in [-0.15, -0.1) is 0 Å². The predicted molar refractivity (Wildman–Crippen MR) is 75.0 cm³/mol. The number of carbonyl (C=O) groups excluding carboxylic acids is 1. The molecular weight excluding hydrogens is 224 g/mol. The SMILES string of the molecule is CCCCCC(=O)Oc1cc(C)ccc1C(C)C. The molecule has 1 aromatic carbocycles. The number of rotatable bonds is 6. The lowest BCUT2D eigenvalue weighted by Crippen LogP contribution is -2.09. The first-order valence-corrected chi connectivity index (χ1v) is 6.85. The molecule has 0 radical (unpaired) electrons. The Balaban J connectivity index is 2.70. The Morgan fingerprint density at radius 3 is 2.61 bits per heavy atom. The van der Waals surface area contributed by atoms with Gasteiger partial charge in [0.25, 0.3) is 0 Å². The molecule has 0 fully saturated rings. The summed E-state index contributed by atoms with van der Waals surface area (Å²) in [5.74, 6) is 0.978. The molecule has 0 saturated heterocycles. The molecule has 0 heterocycles. The largest absolute Gasteiger partial charge is 0.426 e. The van der Waals surface area contributed by atoms with E-state index in [9.17, 15) is 4.79 Å². The van der Waals surface area contributed by atoms with Crippen molar-refractivity contribution < 1.29 is 9.53 Å². The minimum atomic E-state index is -0.115. The fourth-order valence-corrected chi connectivity index (χ4v) is 1.90. The van der Waals surface area contributed by atoms with Gasteiger partial charge in [-0.25, -0.2) is 0 Å². The second-order valence-corrected chi connectivity index (χ2v) is 5.13. The smallest absolute Gasteiger partial charge is 0.311 e. The van der Waals surface area contributed by atoms with Gasteiger partial charge in [-0.2, -0.15) is 0 Å². The molecule has 0 amide bonds. The maximum atomic E-state index is 11.8. The Labute approximate surface area is 110 Å². The van der Waals surface area contributed by atoms with Crippen LogP contribution in [0.3, 0.4) is 0 Å². The highest BCUT2D eigenvalue weighted by atomic mass is 16.5. The van der Waals surface area contributed by atoms with E-state index in [4.69, 9.17) is 4.74 Å². The number of ether oxygens (including phenoxy) is 1. The lowest BCUT2D eigenvalue weighted by molar-refractivity contribution is -0.134. The van der Waals surface area contributed by atoms with Crippen LogP contribution in [-0.4, -0.2) is 5.97 Å². The molecule has 0 spiro atoms. The number of unbranched alkanes of at least 4 members (excludes halogenated alkanes) is 2. The van der Waals surface area contributed by atoms with Crippen molar-refractivity contribution in [2.75, 3.05) is 0 Å². The standard InChI is InChI=1S/C16H24O2/c1-5-6-7-8-16(17)18-15-11-13(4)9-10-14(15)12(2)3/h9-12H,5-8H2,1-4H3. The van der Waals surface area contributed by atoms with E-state index in [0.717, 1.165) is 36.1 Å². The summed E-state index contributed by atoms with van der Waals surface area (Å²) in [6.45, 7) is 8.36. The fraction of sp³-hybridized carbons (Fsp3) is 0.562. The van der Waals surface area contributed by atoms with Crippen molar-refractivity contribution in [1.29, 1.82) is 0 Å². The van der Waals surface area contributed by atoms with E-state index in [1.54, 1.807) is 0 Å². The quantitative estimate of drug-likeness (QED) is 0.417. The molecule has 2 heteroatoms. The average Bonchev–Trinajstić information content (AvgIpc) is 2.29. The summed E-state index contributed by atoms with van der Waals surface area (Å²) in [7, 11) is 0. The molecule has 0 unspecified atom stereocenters. The highest BCUT2D eigenvalue weighted by Gasteiger charge is 2.11. The lowest BCUT2D eigenvalue weighted by atomic mass is 10.0. The molecule has 100 valence electrons. The Morgan fingerprint density at radius 2 is 2.00 bits per heavy atom. The minimum absolute atomic E-state index is 0.115. The van der Waals surface area contributed by atoms with Crippen molar-refractivity contribution in [2.24, 2.45) is 0 Å². The summed E-state index contributed by atoms with van der Waals surface area (Å²) in [5.41, 5.74) is 2.22. The molecule has 1 rings (SSSR count). The molecule has 1 aromatic rings. The first kappa shape index (κ1) is 14.7. The summed E-state index contributed by atoms with van der Waals surface area (Å²) < 4.78 is 5.50. The summed E-state index contributed by atoms with van der Waals surface area (Å²) in [6, 6.07) is 6.06. The number of carbonyl (C=O) groups is 1. The van der Waals surface area contributed by atoms with E-state index in [1.807, 2.05) is 13.0 Å². The van der Waals surface area contributed by atoms with Gasteiger partial charge >= 0.3 is 5.97 Å². The minimum Gasteiger partial charge on any atom is -0.426 e. The maximum absolute atomic E-state index is 11.8. The van der Waals surface area contributed by atoms with Crippen LogP contribution >= 0.6 is 0 Å². The second-order valence-electron chi connectivity index (χ2n) is 5.13. The van der Waals surface area contributed by atoms with Crippen LogP contribution in [0.2, 0.25) is 0 Å². The monoisotopic (exact) mass is 248 g/mol. The first-order valence-electron chi connectivity index (χ1n) is 6.85. The van der Waals surface area contributed by atoms with E-state index in [-0.39, 0.29) is 5.97 Å². The van der Waals surface area contributed by atoms with Crippen molar-refractivity contribution in [2.45, 2.75) is 59.3 Å². The molecular formula is C16H24O2. The molecule has 2 nitrogen and oxygen atoms in total. The number of hydrogen-bond donors (Lipinski definition) is 0. The highest BCUT2D eigenvalue weighted by Crippen LogP contribution is 2.27. The third-order valence-corrected chi connectivity index (χ3v) is 3.00. The molecule has 0 aliphatic carbocycles. The van der Waals surface area contributed by atoms with Crippen LogP contribution in [0.25, 0.3) is 0 Å². The molecule has 18 heavy (non-hydrogen) atoms. The van der Waals surface area contributed by atoms with Crippen LogP contribution in [0.1, 0.15) is 63.5 Å². The van der Waals surface area contributed by atoms with Crippen molar-refractivity contribution in [3.8, 4) is 5.75 Å². The van der Waals surface area contributed by atoms with Crippen LogP contribution in [0.5, 0.6) is 5.75 Å². The fourth-order valence-electron chi connectivity index (χ4n) is 1.90. The Kier molecular flexibility index (Phi) is 5.90. The van der Waals surface area contributed by atoms with Crippen LogP contribution in [0.15, 0.2) is 18.2 Å². The van der Waals surface area contributed by atoms with Gasteiger partial charge in [-0.3, -0.25) is 4.79 Å². The Morgan fingerprint density at radius 1 is 1.28 bits per heavy atom. The zero-order chi connectivity index (χ0) is 13.5. The zero-order valence-corrected chi connectivity index (χ0v) is 12.0. The van der Waals surface area contributed by atoms with E-state index in [0.29, 0.717) is 12.3 Å². The van der Waals surface area contributed by atoms with Gasteiger partial charge in [0, 0.05) is 6.42 Å². The topological polar surface area (TPSA) is 26.3 Å². The summed E-state index contributed by atoms with van der Waals surface area (Å²) in [6.07, 6.45) is 3.63. The number of hydrogen-bond acceptors (Lipinski definition) is 2. The van der Waals surface area contributed by atoms with Crippen molar-refractivity contribution in [3.63, 3.8) is 0 Å². The van der Waals surface area contributed by atoms with E-state index in [1.165, 1.54) is 0 Å². The molecule has 0 aromatic heterocycles. The van der Waals surface area contributed by atoms with Crippen molar-refractivity contribution in [1.82, 2.24) is 0 Å². The van der Waals surface area contributed by atoms with Crippen LogP contribution in [-0.2, 0) is 4.79 Å². The van der Waals surface area contributed by atoms with Gasteiger partial charge in [0.05, 0.1) is 0 Å². The third-order valence-electron chi connectivity index (χ3n) is 3.00. The van der Waals surface area contributed by atoms with E-state index in [2.05, 4.69) is 32.9 Å². The first-order chi connectivity index (χ1) is 8.54. The average molecular weight is 248 g/mol. The van der Waals surface area contributed by atoms with Crippen LogP contribution in [0.4, 0.5) is 0 Å². The lowest BCUT2D eigenvalue weighted by Gasteiger charge is -2.13. The van der Waals surface area contributed by atoms with Gasteiger partial charge < -0.3 is 4.74 Å². The van der Waals surface area contributed by atoms with E-state index >= 15 is 0 Å². The van der Waals surface area contributed by atoms with Gasteiger partial charge in [-0.05, 0) is 36.5 Å². The van der Waals surface area contributed by atoms with Crippen molar-refractivity contribution in [3.05, 3.63) is 29.3 Å². The summed E-state index contributed by atoms with van der Waals surface area (Å²) in [4.78, 5) is 11.8. The van der Waals surface area contributed by atoms with E-state index < -0.39 is 0 Å². The number of aryl methyl sites for hydroxylation is 1. The second kappa shape index (κ2) is 7.20. The molecule has 0 bridgehead atoms. The van der Waals surface area contributed by atoms with Gasteiger partial charge in [-0.1, -0.05) is 45.7 Å². The zero-order valence-electron chi connectivity index (χ0n) is 12.0. The Hall–Kier alpha value is -1.31. The third kappa shape index (κ3) is 4.52. The van der Waals surface area contributed by atoms with Gasteiger partial charge in [0.2, 0.25) is 0 Å². The summed E-state index contributed by atoms with van der Waals surface area (Å²) in [5, 5.41) is 0. The van der Waals surface area contributed by atoms with Crippen molar-refractivity contribution >= 4 is 5.97 Å². The Bertz CT molecular complexity index is 394. The maximum Gasteiger partial charge on any atom is 0.311 e. The van der Waals surface area contributed by atoms with Gasteiger partial charge in [0.1, 0.15) is 5.75 Å². The molecule has 0 N–H and O–H groups in total. The molecule has 0 saturated carbocycles. The van der Waals surface area contributed by atoms with Gasteiger partial charge in [0.15, 0.2) is 0 Å². The molecule has 0 aliphatic rings. The normalized spacial score (nSPS) is 10.7. The number of esters is 1. The summed E-state index contributed by atoms with van der Waals surface area (Å²) >= 11 is 0. The number of benzene rings is 1.